The fourth-order valence-corrected chi connectivity index (χ4v) is 3.32. The summed E-state index contributed by atoms with van der Waals surface area (Å²) in [6.07, 6.45) is 0. The van der Waals surface area contributed by atoms with Crippen LogP contribution in [0.4, 0.5) is 5.69 Å². The Morgan fingerprint density at radius 3 is 1.96 bits per heavy atom. The summed E-state index contributed by atoms with van der Waals surface area (Å²) in [5, 5.41) is 0. The Hall–Kier alpha value is -2.29. The molecule has 0 atom stereocenters. The van der Waals surface area contributed by atoms with Gasteiger partial charge < -0.3 is 9.80 Å². The Kier molecular flexibility index (Phi) is 4.37. The number of hydrogen-bond donors (Lipinski definition) is 0. The Morgan fingerprint density at radius 1 is 0.826 bits per heavy atom. The summed E-state index contributed by atoms with van der Waals surface area (Å²) in [4.78, 5) is 17.0. The molecule has 1 saturated heterocycles. The zero-order valence-electron chi connectivity index (χ0n) is 14.2. The number of rotatable bonds is 2. The molecule has 120 valence electrons. The predicted molar refractivity (Wildman–Crippen MR) is 95.2 cm³/mol. The standard InChI is InChI=1S/C20H24N2O/c1-15-7-9-18(10-8-15)20(23)22-13-11-21(12-14-22)19-16(2)5-4-6-17(19)3/h4-10H,11-14H2,1-3H3. The van der Waals surface area contributed by atoms with Crippen LogP contribution in [0.25, 0.3) is 0 Å². The molecule has 0 aliphatic carbocycles. The Balaban J connectivity index is 1.69. The molecule has 0 saturated carbocycles. The lowest BCUT2D eigenvalue weighted by molar-refractivity contribution is 0.0747. The number of nitrogens with zero attached hydrogens (tertiary/aromatic N) is 2. The van der Waals surface area contributed by atoms with E-state index in [-0.39, 0.29) is 5.91 Å². The molecule has 3 heteroatoms. The van der Waals surface area contributed by atoms with Crippen molar-refractivity contribution in [3.8, 4) is 0 Å². The van der Waals surface area contributed by atoms with Gasteiger partial charge in [-0.05, 0) is 44.0 Å². The van der Waals surface area contributed by atoms with Crippen molar-refractivity contribution in [2.24, 2.45) is 0 Å². The number of anilines is 1. The number of piperazine rings is 1. The highest BCUT2D eigenvalue weighted by Gasteiger charge is 2.23. The minimum absolute atomic E-state index is 0.145. The van der Waals surface area contributed by atoms with Crippen LogP contribution in [0.2, 0.25) is 0 Å². The van der Waals surface area contributed by atoms with E-state index in [4.69, 9.17) is 0 Å². The van der Waals surface area contributed by atoms with Crippen LogP contribution in [0, 0.1) is 20.8 Å². The van der Waals surface area contributed by atoms with Crippen LogP contribution in [0.15, 0.2) is 42.5 Å². The van der Waals surface area contributed by atoms with Gasteiger partial charge in [-0.25, -0.2) is 0 Å². The van der Waals surface area contributed by atoms with Crippen molar-refractivity contribution in [3.63, 3.8) is 0 Å². The third kappa shape index (κ3) is 3.24. The van der Waals surface area contributed by atoms with Gasteiger partial charge in [-0.3, -0.25) is 4.79 Å². The lowest BCUT2D eigenvalue weighted by Gasteiger charge is -2.37. The fourth-order valence-electron chi connectivity index (χ4n) is 3.32. The van der Waals surface area contributed by atoms with E-state index in [1.807, 2.05) is 36.1 Å². The van der Waals surface area contributed by atoms with Crippen LogP contribution in [0.1, 0.15) is 27.0 Å². The summed E-state index contributed by atoms with van der Waals surface area (Å²) >= 11 is 0. The molecule has 23 heavy (non-hydrogen) atoms. The molecule has 0 unspecified atom stereocenters. The Bertz CT molecular complexity index is 678. The average Bonchev–Trinajstić information content (AvgIpc) is 2.55. The van der Waals surface area contributed by atoms with Gasteiger partial charge >= 0.3 is 0 Å². The summed E-state index contributed by atoms with van der Waals surface area (Å²) in [5.41, 5.74) is 5.92. The van der Waals surface area contributed by atoms with E-state index in [0.29, 0.717) is 0 Å². The van der Waals surface area contributed by atoms with E-state index >= 15 is 0 Å². The molecule has 1 heterocycles. The molecule has 1 aliphatic heterocycles. The van der Waals surface area contributed by atoms with E-state index < -0.39 is 0 Å². The number of carbonyl (C=O) groups is 1. The second-order valence-corrected chi connectivity index (χ2v) is 6.39. The highest BCUT2D eigenvalue weighted by atomic mass is 16.2. The first-order chi connectivity index (χ1) is 11.1. The van der Waals surface area contributed by atoms with Crippen molar-refractivity contribution < 1.29 is 4.79 Å². The number of benzene rings is 2. The molecular formula is C20H24N2O. The van der Waals surface area contributed by atoms with Gasteiger partial charge in [-0.1, -0.05) is 35.9 Å². The van der Waals surface area contributed by atoms with Gasteiger partial charge in [0.2, 0.25) is 0 Å². The van der Waals surface area contributed by atoms with Crippen molar-refractivity contribution in [1.82, 2.24) is 4.90 Å². The molecule has 1 fully saturated rings. The molecule has 0 aromatic heterocycles. The smallest absolute Gasteiger partial charge is 0.253 e. The maximum Gasteiger partial charge on any atom is 0.253 e. The first kappa shape index (κ1) is 15.6. The monoisotopic (exact) mass is 308 g/mol. The number of para-hydroxylation sites is 1. The number of amides is 1. The van der Waals surface area contributed by atoms with Crippen LogP contribution in [-0.2, 0) is 0 Å². The summed E-state index contributed by atoms with van der Waals surface area (Å²) in [5.74, 6) is 0.145. The third-order valence-electron chi connectivity index (χ3n) is 4.62. The summed E-state index contributed by atoms with van der Waals surface area (Å²) in [7, 11) is 0. The van der Waals surface area contributed by atoms with Gasteiger partial charge in [-0.15, -0.1) is 0 Å². The maximum absolute atomic E-state index is 12.6. The van der Waals surface area contributed by atoms with Crippen molar-refractivity contribution in [2.75, 3.05) is 31.1 Å². The van der Waals surface area contributed by atoms with Crippen LogP contribution in [0.3, 0.4) is 0 Å². The van der Waals surface area contributed by atoms with Crippen molar-refractivity contribution in [2.45, 2.75) is 20.8 Å². The molecular weight excluding hydrogens is 284 g/mol. The van der Waals surface area contributed by atoms with Crippen molar-refractivity contribution >= 4 is 11.6 Å². The molecule has 2 aromatic carbocycles. The van der Waals surface area contributed by atoms with Gasteiger partial charge in [0.05, 0.1) is 0 Å². The van der Waals surface area contributed by atoms with Crippen LogP contribution in [-0.4, -0.2) is 37.0 Å². The molecule has 1 aliphatic rings. The molecule has 0 N–H and O–H groups in total. The maximum atomic E-state index is 12.6. The average molecular weight is 308 g/mol. The molecule has 2 aromatic rings. The summed E-state index contributed by atoms with van der Waals surface area (Å²) in [6, 6.07) is 14.3. The zero-order valence-corrected chi connectivity index (χ0v) is 14.2. The Morgan fingerprint density at radius 2 is 1.39 bits per heavy atom. The molecule has 3 nitrogen and oxygen atoms in total. The van der Waals surface area contributed by atoms with Crippen LogP contribution >= 0.6 is 0 Å². The SMILES string of the molecule is Cc1ccc(C(=O)N2CCN(c3c(C)cccc3C)CC2)cc1. The van der Waals surface area contributed by atoms with Crippen molar-refractivity contribution in [3.05, 3.63) is 64.7 Å². The highest BCUT2D eigenvalue weighted by molar-refractivity contribution is 5.94. The highest BCUT2D eigenvalue weighted by Crippen LogP contribution is 2.25. The quantitative estimate of drug-likeness (QED) is 0.846. The van der Waals surface area contributed by atoms with E-state index in [0.717, 1.165) is 31.7 Å². The first-order valence-corrected chi connectivity index (χ1v) is 8.23. The fraction of sp³-hybridized carbons (Fsp3) is 0.350. The van der Waals surface area contributed by atoms with Gasteiger partial charge in [0, 0.05) is 37.4 Å². The second-order valence-electron chi connectivity index (χ2n) is 6.39. The molecule has 3 rings (SSSR count). The van der Waals surface area contributed by atoms with Gasteiger partial charge in [-0.2, -0.15) is 0 Å². The summed E-state index contributed by atoms with van der Waals surface area (Å²) < 4.78 is 0. The summed E-state index contributed by atoms with van der Waals surface area (Å²) in [6.45, 7) is 9.70. The normalized spacial score (nSPS) is 14.9. The molecule has 1 amide bonds. The van der Waals surface area contributed by atoms with Gasteiger partial charge in [0.15, 0.2) is 0 Å². The number of hydrogen-bond acceptors (Lipinski definition) is 2. The lowest BCUT2D eigenvalue weighted by atomic mass is 10.1. The van der Waals surface area contributed by atoms with Crippen LogP contribution in [0.5, 0.6) is 0 Å². The topological polar surface area (TPSA) is 23.6 Å². The molecule has 0 bridgehead atoms. The Labute approximate surface area is 138 Å². The van der Waals surface area contributed by atoms with E-state index in [9.17, 15) is 4.79 Å². The minimum atomic E-state index is 0.145. The zero-order chi connectivity index (χ0) is 16.4. The second kappa shape index (κ2) is 6.45. The lowest BCUT2D eigenvalue weighted by Crippen LogP contribution is -2.49. The number of carbonyl (C=O) groups excluding carboxylic acids is 1. The van der Waals surface area contributed by atoms with Crippen molar-refractivity contribution in [1.29, 1.82) is 0 Å². The molecule has 0 radical (unpaired) electrons. The first-order valence-electron chi connectivity index (χ1n) is 8.23. The minimum Gasteiger partial charge on any atom is -0.368 e. The molecule has 0 spiro atoms. The van der Waals surface area contributed by atoms with E-state index in [2.05, 4.69) is 36.9 Å². The van der Waals surface area contributed by atoms with Gasteiger partial charge in [0.25, 0.3) is 5.91 Å². The van der Waals surface area contributed by atoms with Gasteiger partial charge in [0.1, 0.15) is 0 Å². The van der Waals surface area contributed by atoms with E-state index in [1.165, 1.54) is 22.4 Å². The largest absolute Gasteiger partial charge is 0.368 e. The van der Waals surface area contributed by atoms with Crippen LogP contribution < -0.4 is 4.90 Å². The predicted octanol–water partition coefficient (Wildman–Crippen LogP) is 3.57. The number of aryl methyl sites for hydroxylation is 3. The third-order valence-corrected chi connectivity index (χ3v) is 4.62. The van der Waals surface area contributed by atoms with E-state index in [1.54, 1.807) is 0 Å².